The van der Waals surface area contributed by atoms with E-state index in [1.807, 2.05) is 6.07 Å². The molecule has 130 valence electrons. The number of amides is 1. The van der Waals surface area contributed by atoms with Crippen LogP contribution in [0.3, 0.4) is 0 Å². The van der Waals surface area contributed by atoms with E-state index in [0.29, 0.717) is 0 Å². The van der Waals surface area contributed by atoms with Crippen molar-refractivity contribution in [3.8, 4) is 17.6 Å². The summed E-state index contributed by atoms with van der Waals surface area (Å²) in [6.45, 7) is -1.88. The van der Waals surface area contributed by atoms with E-state index in [2.05, 4.69) is 10.1 Å². The number of nitriles is 1. The predicted molar refractivity (Wildman–Crippen MR) is 83.3 cm³/mol. The second-order valence-corrected chi connectivity index (χ2v) is 4.84. The van der Waals surface area contributed by atoms with Gasteiger partial charge in [-0.15, -0.1) is 0 Å². The van der Waals surface area contributed by atoms with Gasteiger partial charge in [0.05, 0.1) is 11.3 Å². The van der Waals surface area contributed by atoms with E-state index in [1.165, 1.54) is 30.3 Å². The smallest absolute Gasteiger partial charge is 0.422 e. The van der Waals surface area contributed by atoms with Crippen molar-refractivity contribution in [2.24, 2.45) is 0 Å². The fourth-order valence-electron chi connectivity index (χ4n) is 1.87. The number of hydrogen-bond acceptors (Lipinski definition) is 4. The molecule has 0 saturated heterocycles. The van der Waals surface area contributed by atoms with Gasteiger partial charge >= 0.3 is 6.18 Å². The van der Waals surface area contributed by atoms with Crippen LogP contribution in [0.1, 0.15) is 5.56 Å². The number of halogens is 3. The van der Waals surface area contributed by atoms with Crippen molar-refractivity contribution in [2.75, 3.05) is 18.5 Å². The standard InChI is InChI=1S/C17H13F3N2O3/c18-17(19,20)11-25-15-8-4-2-6-13(15)22-16(23)10-24-14-7-3-1-5-12(14)9-21/h1-8H,10-11H2,(H,22,23). The Morgan fingerprint density at radius 3 is 2.36 bits per heavy atom. The largest absolute Gasteiger partial charge is 0.482 e. The monoisotopic (exact) mass is 350 g/mol. The normalized spacial score (nSPS) is 10.6. The molecule has 1 N–H and O–H groups in total. The van der Waals surface area contributed by atoms with Gasteiger partial charge in [-0.05, 0) is 24.3 Å². The molecule has 0 aliphatic carbocycles. The Kier molecular flexibility index (Phi) is 5.84. The van der Waals surface area contributed by atoms with E-state index in [0.717, 1.165) is 0 Å². The van der Waals surface area contributed by atoms with Gasteiger partial charge in [0.15, 0.2) is 13.2 Å². The van der Waals surface area contributed by atoms with Gasteiger partial charge in [-0.3, -0.25) is 4.79 Å². The molecule has 0 bridgehead atoms. The molecule has 0 aliphatic rings. The number of hydrogen-bond donors (Lipinski definition) is 1. The number of ether oxygens (including phenoxy) is 2. The Morgan fingerprint density at radius 1 is 1.04 bits per heavy atom. The van der Waals surface area contributed by atoms with Crippen molar-refractivity contribution in [2.45, 2.75) is 6.18 Å². The van der Waals surface area contributed by atoms with Crippen molar-refractivity contribution < 1.29 is 27.4 Å². The zero-order valence-electron chi connectivity index (χ0n) is 12.8. The Balaban J connectivity index is 1.98. The molecule has 0 atom stereocenters. The van der Waals surface area contributed by atoms with Crippen LogP contribution < -0.4 is 14.8 Å². The summed E-state index contributed by atoms with van der Waals surface area (Å²) >= 11 is 0. The molecule has 2 rings (SSSR count). The number of anilines is 1. The molecule has 5 nitrogen and oxygen atoms in total. The first kappa shape index (κ1) is 18.1. The lowest BCUT2D eigenvalue weighted by Gasteiger charge is -2.14. The molecule has 2 aromatic rings. The zero-order chi connectivity index (χ0) is 18.3. The van der Waals surface area contributed by atoms with Gasteiger partial charge in [0.25, 0.3) is 5.91 Å². The van der Waals surface area contributed by atoms with Crippen LogP contribution >= 0.6 is 0 Å². The Bertz CT molecular complexity index is 785. The van der Waals surface area contributed by atoms with Crippen LogP contribution in [0.2, 0.25) is 0 Å². The molecule has 0 radical (unpaired) electrons. The number of rotatable bonds is 6. The van der Waals surface area contributed by atoms with Gasteiger partial charge in [-0.2, -0.15) is 18.4 Å². The molecule has 0 unspecified atom stereocenters. The van der Waals surface area contributed by atoms with Gasteiger partial charge in [-0.1, -0.05) is 24.3 Å². The Hall–Kier alpha value is -3.21. The molecule has 0 spiro atoms. The van der Waals surface area contributed by atoms with Crippen molar-refractivity contribution in [3.63, 3.8) is 0 Å². The third-order valence-corrected chi connectivity index (χ3v) is 2.92. The van der Waals surface area contributed by atoms with Crippen molar-refractivity contribution in [1.82, 2.24) is 0 Å². The summed E-state index contributed by atoms with van der Waals surface area (Å²) in [5.41, 5.74) is 0.359. The molecule has 0 saturated carbocycles. The maximum atomic E-state index is 12.3. The summed E-state index contributed by atoms with van der Waals surface area (Å²) in [7, 11) is 0. The first-order chi connectivity index (χ1) is 11.9. The minimum atomic E-state index is -4.48. The lowest BCUT2D eigenvalue weighted by Crippen LogP contribution is -2.22. The van der Waals surface area contributed by atoms with Gasteiger partial charge in [0.2, 0.25) is 0 Å². The van der Waals surface area contributed by atoms with Gasteiger partial charge in [-0.25, -0.2) is 0 Å². The molecule has 25 heavy (non-hydrogen) atoms. The first-order valence-corrected chi connectivity index (χ1v) is 7.09. The number of benzene rings is 2. The summed E-state index contributed by atoms with van der Waals surface area (Å²) in [5, 5.41) is 11.4. The quantitative estimate of drug-likeness (QED) is 0.865. The third-order valence-electron chi connectivity index (χ3n) is 2.92. The fraction of sp³-hybridized carbons (Fsp3) is 0.176. The highest BCUT2D eigenvalue weighted by molar-refractivity contribution is 5.93. The van der Waals surface area contributed by atoms with E-state index in [-0.39, 0.29) is 22.7 Å². The number of para-hydroxylation sites is 3. The summed E-state index contributed by atoms with van der Waals surface area (Å²) < 4.78 is 46.7. The Morgan fingerprint density at radius 2 is 1.68 bits per heavy atom. The van der Waals surface area contributed by atoms with Gasteiger partial charge < -0.3 is 14.8 Å². The van der Waals surface area contributed by atoms with Crippen LogP contribution in [0.25, 0.3) is 0 Å². The molecule has 8 heteroatoms. The highest BCUT2D eigenvalue weighted by Crippen LogP contribution is 2.26. The fourth-order valence-corrected chi connectivity index (χ4v) is 1.87. The number of carbonyl (C=O) groups is 1. The third kappa shape index (κ3) is 5.73. The van der Waals surface area contributed by atoms with Crippen LogP contribution in [0.4, 0.5) is 18.9 Å². The van der Waals surface area contributed by atoms with Crippen LogP contribution in [-0.2, 0) is 4.79 Å². The van der Waals surface area contributed by atoms with Crippen LogP contribution in [0.15, 0.2) is 48.5 Å². The predicted octanol–water partition coefficient (Wildman–Crippen LogP) is 3.52. The zero-order valence-corrected chi connectivity index (χ0v) is 12.8. The van der Waals surface area contributed by atoms with Crippen molar-refractivity contribution in [3.05, 3.63) is 54.1 Å². The maximum absolute atomic E-state index is 12.3. The number of alkyl halides is 3. The van der Waals surface area contributed by atoms with Gasteiger partial charge in [0.1, 0.15) is 17.6 Å². The lowest BCUT2D eigenvalue weighted by molar-refractivity contribution is -0.153. The first-order valence-electron chi connectivity index (χ1n) is 7.09. The Labute approximate surface area is 141 Å². The average Bonchev–Trinajstić information content (AvgIpc) is 2.58. The molecule has 0 aliphatic heterocycles. The highest BCUT2D eigenvalue weighted by Gasteiger charge is 2.28. The molecular formula is C17H13F3N2O3. The van der Waals surface area contributed by atoms with E-state index in [9.17, 15) is 18.0 Å². The lowest BCUT2D eigenvalue weighted by atomic mass is 10.2. The molecular weight excluding hydrogens is 337 g/mol. The number of nitrogens with one attached hydrogen (secondary N) is 1. The van der Waals surface area contributed by atoms with Crippen LogP contribution in [-0.4, -0.2) is 25.3 Å². The second kappa shape index (κ2) is 8.06. The van der Waals surface area contributed by atoms with E-state index < -0.39 is 25.3 Å². The van der Waals surface area contributed by atoms with Gasteiger partial charge in [0, 0.05) is 0 Å². The molecule has 0 heterocycles. The number of carbonyl (C=O) groups excluding carboxylic acids is 1. The second-order valence-electron chi connectivity index (χ2n) is 4.84. The SMILES string of the molecule is N#Cc1ccccc1OCC(=O)Nc1ccccc1OCC(F)(F)F. The van der Waals surface area contributed by atoms with Crippen LogP contribution in [0.5, 0.6) is 11.5 Å². The molecule has 0 fully saturated rings. The highest BCUT2D eigenvalue weighted by atomic mass is 19.4. The van der Waals surface area contributed by atoms with E-state index >= 15 is 0 Å². The summed E-state index contributed by atoms with van der Waals surface area (Å²) in [6.07, 6.45) is -4.48. The topological polar surface area (TPSA) is 71.3 Å². The van der Waals surface area contributed by atoms with Crippen molar-refractivity contribution >= 4 is 11.6 Å². The summed E-state index contributed by atoms with van der Waals surface area (Å²) in [5.74, 6) is -0.469. The van der Waals surface area contributed by atoms with E-state index in [1.54, 1.807) is 18.2 Å². The molecule has 2 aromatic carbocycles. The average molecular weight is 350 g/mol. The maximum Gasteiger partial charge on any atom is 0.422 e. The molecule has 1 amide bonds. The van der Waals surface area contributed by atoms with Crippen molar-refractivity contribution in [1.29, 1.82) is 5.26 Å². The van der Waals surface area contributed by atoms with Crippen LogP contribution in [0, 0.1) is 11.3 Å². The van der Waals surface area contributed by atoms with E-state index in [4.69, 9.17) is 10.00 Å². The molecule has 0 aromatic heterocycles. The summed E-state index contributed by atoms with van der Waals surface area (Å²) in [6, 6.07) is 14.0. The summed E-state index contributed by atoms with van der Waals surface area (Å²) in [4.78, 5) is 11.9. The minimum absolute atomic E-state index is 0.0916. The minimum Gasteiger partial charge on any atom is -0.482 e. The number of nitrogens with zero attached hydrogens (tertiary/aromatic N) is 1.